The molecule has 0 aliphatic heterocycles. The molecule has 0 radical (unpaired) electrons. The van der Waals surface area contributed by atoms with Gasteiger partial charge in [-0.25, -0.2) is 0 Å². The van der Waals surface area contributed by atoms with Gasteiger partial charge in [0, 0.05) is 24.6 Å². The van der Waals surface area contributed by atoms with Crippen LogP contribution >= 0.6 is 0 Å². The number of rotatable bonds is 7. The van der Waals surface area contributed by atoms with Gasteiger partial charge in [-0.2, -0.15) is 0 Å². The summed E-state index contributed by atoms with van der Waals surface area (Å²) in [7, 11) is 0. The SMILES string of the molecule is C[C@@H]1C[C@@H]1C(=O)NC[C@@H](O)COc1ccc([N+](=O)[O-])cc1. The van der Waals surface area contributed by atoms with E-state index in [0.29, 0.717) is 11.7 Å². The van der Waals surface area contributed by atoms with Crippen LogP contribution in [0.25, 0.3) is 0 Å². The van der Waals surface area contributed by atoms with Crippen molar-refractivity contribution in [2.45, 2.75) is 19.4 Å². The molecule has 0 bridgehead atoms. The van der Waals surface area contributed by atoms with Crippen molar-refractivity contribution in [3.05, 3.63) is 34.4 Å². The number of aliphatic hydroxyl groups is 1. The lowest BCUT2D eigenvalue weighted by Crippen LogP contribution is -2.36. The molecule has 1 saturated carbocycles. The lowest BCUT2D eigenvalue weighted by molar-refractivity contribution is -0.384. The number of hydrogen-bond donors (Lipinski definition) is 2. The molecule has 0 heterocycles. The Labute approximate surface area is 122 Å². The molecule has 2 N–H and O–H groups in total. The van der Waals surface area contributed by atoms with E-state index in [9.17, 15) is 20.0 Å². The van der Waals surface area contributed by atoms with Gasteiger partial charge >= 0.3 is 0 Å². The first-order valence-electron chi connectivity index (χ1n) is 6.80. The molecule has 7 heteroatoms. The number of nitrogens with one attached hydrogen (secondary N) is 1. The van der Waals surface area contributed by atoms with Gasteiger partial charge < -0.3 is 15.2 Å². The molecule has 2 rings (SSSR count). The minimum absolute atomic E-state index is 0.0122. The van der Waals surface area contributed by atoms with Gasteiger partial charge in [-0.1, -0.05) is 6.92 Å². The van der Waals surface area contributed by atoms with E-state index >= 15 is 0 Å². The van der Waals surface area contributed by atoms with Gasteiger partial charge in [0.25, 0.3) is 5.69 Å². The molecule has 7 nitrogen and oxygen atoms in total. The Balaban J connectivity index is 1.69. The third kappa shape index (κ3) is 4.42. The van der Waals surface area contributed by atoms with Crippen molar-refractivity contribution in [1.82, 2.24) is 5.32 Å². The molecule has 0 saturated heterocycles. The molecule has 1 aromatic rings. The maximum absolute atomic E-state index is 11.6. The maximum atomic E-state index is 11.6. The number of carbonyl (C=O) groups excluding carboxylic acids is 1. The minimum Gasteiger partial charge on any atom is -0.491 e. The van der Waals surface area contributed by atoms with Crippen LogP contribution in [0, 0.1) is 22.0 Å². The highest BCUT2D eigenvalue weighted by Crippen LogP contribution is 2.37. The van der Waals surface area contributed by atoms with Crippen LogP contribution in [0.15, 0.2) is 24.3 Å². The van der Waals surface area contributed by atoms with Crippen molar-refractivity contribution in [3.63, 3.8) is 0 Å². The van der Waals surface area contributed by atoms with Gasteiger partial charge in [0.15, 0.2) is 0 Å². The van der Waals surface area contributed by atoms with E-state index in [4.69, 9.17) is 4.74 Å². The fourth-order valence-corrected chi connectivity index (χ4v) is 1.95. The summed E-state index contributed by atoms with van der Waals surface area (Å²) in [5.74, 6) is 0.907. The van der Waals surface area contributed by atoms with Gasteiger partial charge in [0.05, 0.1) is 4.92 Å². The minimum atomic E-state index is -0.821. The third-order valence-electron chi connectivity index (χ3n) is 3.45. The number of aliphatic hydroxyl groups excluding tert-OH is 1. The fourth-order valence-electron chi connectivity index (χ4n) is 1.95. The number of carbonyl (C=O) groups is 1. The average molecular weight is 294 g/mol. The first-order valence-corrected chi connectivity index (χ1v) is 6.80. The lowest BCUT2D eigenvalue weighted by Gasteiger charge is -2.13. The van der Waals surface area contributed by atoms with Crippen molar-refractivity contribution >= 4 is 11.6 Å². The first kappa shape index (κ1) is 15.2. The molecular formula is C14H18N2O5. The van der Waals surface area contributed by atoms with Crippen LogP contribution in [-0.4, -0.2) is 35.2 Å². The predicted octanol–water partition coefficient (Wildman–Crippen LogP) is 1.11. The summed E-state index contributed by atoms with van der Waals surface area (Å²) < 4.78 is 5.31. The molecule has 1 amide bonds. The van der Waals surface area contributed by atoms with Crippen LogP contribution in [0.1, 0.15) is 13.3 Å². The van der Waals surface area contributed by atoms with E-state index in [0.717, 1.165) is 6.42 Å². The van der Waals surface area contributed by atoms with Crippen LogP contribution in [0.3, 0.4) is 0 Å². The Bertz CT molecular complexity index is 517. The van der Waals surface area contributed by atoms with Crippen LogP contribution in [0.5, 0.6) is 5.75 Å². The highest BCUT2D eigenvalue weighted by molar-refractivity contribution is 5.81. The highest BCUT2D eigenvalue weighted by Gasteiger charge is 2.38. The van der Waals surface area contributed by atoms with Gasteiger partial charge in [-0.3, -0.25) is 14.9 Å². The molecule has 0 aromatic heterocycles. The number of ether oxygens (including phenoxy) is 1. The van der Waals surface area contributed by atoms with Crippen molar-refractivity contribution < 1.29 is 19.6 Å². The van der Waals surface area contributed by atoms with Crippen LogP contribution in [0.2, 0.25) is 0 Å². The van der Waals surface area contributed by atoms with Gasteiger partial charge in [-0.15, -0.1) is 0 Å². The zero-order valence-corrected chi connectivity index (χ0v) is 11.7. The molecule has 0 unspecified atom stereocenters. The zero-order valence-electron chi connectivity index (χ0n) is 11.7. The number of hydrogen-bond acceptors (Lipinski definition) is 5. The molecule has 1 fully saturated rings. The number of nitro groups is 1. The fraction of sp³-hybridized carbons (Fsp3) is 0.500. The topological polar surface area (TPSA) is 102 Å². The Morgan fingerprint density at radius 1 is 1.52 bits per heavy atom. The number of nitro benzene ring substituents is 1. The van der Waals surface area contributed by atoms with Gasteiger partial charge in [0.1, 0.15) is 18.5 Å². The predicted molar refractivity (Wildman–Crippen MR) is 74.9 cm³/mol. The average Bonchev–Trinajstić information content (AvgIpc) is 3.20. The lowest BCUT2D eigenvalue weighted by atomic mass is 10.3. The Morgan fingerprint density at radius 2 is 2.14 bits per heavy atom. The van der Waals surface area contributed by atoms with E-state index < -0.39 is 11.0 Å². The van der Waals surface area contributed by atoms with E-state index in [-0.39, 0.29) is 30.7 Å². The number of amides is 1. The van der Waals surface area contributed by atoms with E-state index in [1.807, 2.05) is 6.92 Å². The first-order chi connectivity index (χ1) is 9.97. The molecule has 21 heavy (non-hydrogen) atoms. The molecule has 3 atom stereocenters. The Hall–Kier alpha value is -2.15. The second-order valence-corrected chi connectivity index (χ2v) is 5.28. The largest absolute Gasteiger partial charge is 0.491 e. The normalized spacial score (nSPS) is 21.4. The molecule has 1 aromatic carbocycles. The zero-order chi connectivity index (χ0) is 15.4. The van der Waals surface area contributed by atoms with Crippen molar-refractivity contribution in [2.75, 3.05) is 13.2 Å². The molecule has 114 valence electrons. The van der Waals surface area contributed by atoms with Crippen molar-refractivity contribution in [3.8, 4) is 5.75 Å². The van der Waals surface area contributed by atoms with Crippen LogP contribution in [0.4, 0.5) is 5.69 Å². The van der Waals surface area contributed by atoms with Crippen LogP contribution in [-0.2, 0) is 4.79 Å². The number of benzene rings is 1. The molecule has 0 spiro atoms. The summed E-state index contributed by atoms with van der Waals surface area (Å²) in [6.07, 6.45) is 0.0829. The summed E-state index contributed by atoms with van der Waals surface area (Å²) in [5, 5.41) is 22.9. The van der Waals surface area contributed by atoms with Gasteiger partial charge in [-0.05, 0) is 24.5 Å². The summed E-state index contributed by atoms with van der Waals surface area (Å²) in [4.78, 5) is 21.6. The summed E-state index contributed by atoms with van der Waals surface area (Å²) in [6, 6.07) is 5.60. The second kappa shape index (κ2) is 6.53. The van der Waals surface area contributed by atoms with E-state index in [1.165, 1.54) is 24.3 Å². The molecular weight excluding hydrogens is 276 g/mol. The standard InChI is InChI=1S/C14H18N2O5/c1-9-6-13(9)14(18)15-7-11(17)8-21-12-4-2-10(3-5-12)16(19)20/h2-5,9,11,13,17H,6-8H2,1H3,(H,15,18)/t9-,11-,13+/m1/s1. The summed E-state index contributed by atoms with van der Waals surface area (Å²) in [6.45, 7) is 2.16. The molecule has 1 aliphatic rings. The molecule has 1 aliphatic carbocycles. The quantitative estimate of drug-likeness (QED) is 0.579. The summed E-state index contributed by atoms with van der Waals surface area (Å²) in [5.41, 5.74) is -0.0197. The monoisotopic (exact) mass is 294 g/mol. The maximum Gasteiger partial charge on any atom is 0.269 e. The highest BCUT2D eigenvalue weighted by atomic mass is 16.6. The van der Waals surface area contributed by atoms with Crippen LogP contribution < -0.4 is 10.1 Å². The Kier molecular flexibility index (Phi) is 4.74. The third-order valence-corrected chi connectivity index (χ3v) is 3.45. The number of non-ortho nitro benzene ring substituents is 1. The van der Waals surface area contributed by atoms with E-state index in [1.54, 1.807) is 0 Å². The smallest absolute Gasteiger partial charge is 0.269 e. The Morgan fingerprint density at radius 3 is 2.67 bits per heavy atom. The second-order valence-electron chi connectivity index (χ2n) is 5.28. The van der Waals surface area contributed by atoms with E-state index in [2.05, 4.69) is 5.32 Å². The van der Waals surface area contributed by atoms with Crippen molar-refractivity contribution in [2.24, 2.45) is 11.8 Å². The van der Waals surface area contributed by atoms with Gasteiger partial charge in [0.2, 0.25) is 5.91 Å². The van der Waals surface area contributed by atoms with Crippen molar-refractivity contribution in [1.29, 1.82) is 0 Å². The number of nitrogens with zero attached hydrogens (tertiary/aromatic N) is 1. The summed E-state index contributed by atoms with van der Waals surface area (Å²) >= 11 is 0.